The molecule has 2 unspecified atom stereocenters. The summed E-state index contributed by atoms with van der Waals surface area (Å²) >= 11 is 0. The van der Waals surface area contributed by atoms with Gasteiger partial charge in [-0.25, -0.2) is 5.43 Å². The van der Waals surface area contributed by atoms with Crippen LogP contribution in [0.15, 0.2) is 54.7 Å². The number of phenols is 1. The minimum absolute atomic E-state index is 0.0187. The molecule has 6 bridgehead atoms. The fraction of sp³-hybridized carbons (Fsp3) is 0.556. The lowest BCUT2D eigenvalue weighted by Crippen LogP contribution is -2.62. The predicted molar refractivity (Wildman–Crippen MR) is 269 cm³/mol. The monoisotopic (exact) mass is 977 g/mol. The minimum Gasteiger partial charge on any atom is -0.508 e. The summed E-state index contributed by atoms with van der Waals surface area (Å²) in [4.78, 5) is 80.3. The third-order valence-electron chi connectivity index (χ3n) is 14.6. The number of nitrogens with one attached hydrogen (secondary N) is 2. The summed E-state index contributed by atoms with van der Waals surface area (Å²) in [5.74, 6) is -2.53. The highest BCUT2D eigenvalue weighted by atomic mass is 16.5. The van der Waals surface area contributed by atoms with Gasteiger partial charge in [-0.05, 0) is 97.7 Å². The topological polar surface area (TPSA) is 188 Å². The fourth-order valence-corrected chi connectivity index (χ4v) is 10.7. The number of ether oxygens (including phenoxy) is 3. The minimum atomic E-state index is -1.19. The van der Waals surface area contributed by atoms with Gasteiger partial charge < -0.3 is 39.0 Å². The van der Waals surface area contributed by atoms with Crippen LogP contribution in [-0.4, -0.2) is 155 Å². The number of amides is 4. The third kappa shape index (κ3) is 11.0. The van der Waals surface area contributed by atoms with Gasteiger partial charge in [0.1, 0.15) is 29.9 Å². The van der Waals surface area contributed by atoms with E-state index in [1.807, 2.05) is 39.0 Å². The zero-order valence-corrected chi connectivity index (χ0v) is 43.0. The number of nitrogens with zero attached hydrogens (tertiary/aromatic N) is 6. The lowest BCUT2D eigenvalue weighted by molar-refractivity contribution is -0.155. The largest absolute Gasteiger partial charge is 0.508 e. The number of esters is 1. The van der Waals surface area contributed by atoms with E-state index in [0.29, 0.717) is 56.7 Å². The molecule has 4 aromatic rings. The van der Waals surface area contributed by atoms with Crippen molar-refractivity contribution in [1.29, 1.82) is 0 Å². The Bertz CT molecular complexity index is 2680. The molecule has 6 heterocycles. The first-order valence-electron chi connectivity index (χ1n) is 25.0. The molecule has 4 aliphatic rings. The van der Waals surface area contributed by atoms with E-state index in [9.17, 15) is 29.1 Å². The number of phenolic OH excluding ortho intramolecular Hbond substituents is 1. The molecule has 2 aromatic carbocycles. The van der Waals surface area contributed by atoms with Crippen molar-refractivity contribution in [3.05, 3.63) is 71.5 Å². The molecule has 382 valence electrons. The maximum Gasteiger partial charge on any atom is 0.324 e. The quantitative estimate of drug-likeness (QED) is 0.119. The van der Waals surface area contributed by atoms with Crippen LogP contribution in [0.3, 0.4) is 0 Å². The first-order valence-corrected chi connectivity index (χ1v) is 25.0. The van der Waals surface area contributed by atoms with Crippen LogP contribution in [0.5, 0.6) is 5.75 Å². The molecular formula is C54H72N8O9. The summed E-state index contributed by atoms with van der Waals surface area (Å²) in [6.07, 6.45) is 2.93. The number of carbonyl (C=O) groups is 5. The van der Waals surface area contributed by atoms with E-state index < -0.39 is 47.2 Å². The highest BCUT2D eigenvalue weighted by Gasteiger charge is 2.48. The Morgan fingerprint density at radius 1 is 1.03 bits per heavy atom. The maximum absolute atomic E-state index is 14.8. The van der Waals surface area contributed by atoms with Gasteiger partial charge in [-0.1, -0.05) is 46.8 Å². The van der Waals surface area contributed by atoms with Crippen molar-refractivity contribution in [2.75, 3.05) is 67.2 Å². The van der Waals surface area contributed by atoms with E-state index in [2.05, 4.69) is 66.1 Å². The van der Waals surface area contributed by atoms with Gasteiger partial charge >= 0.3 is 5.97 Å². The van der Waals surface area contributed by atoms with Crippen LogP contribution in [0.25, 0.3) is 33.3 Å². The fourth-order valence-electron chi connectivity index (χ4n) is 10.7. The van der Waals surface area contributed by atoms with Gasteiger partial charge in [-0.2, -0.15) is 0 Å². The van der Waals surface area contributed by atoms with E-state index in [-0.39, 0.29) is 61.3 Å². The number of carbonyl (C=O) groups excluding carboxylic acids is 5. The Morgan fingerprint density at radius 2 is 1.79 bits per heavy atom. The summed E-state index contributed by atoms with van der Waals surface area (Å²) in [6.45, 7) is 17.5. The molecule has 17 nitrogen and oxygen atoms in total. The molecule has 3 N–H and O–H groups in total. The first-order chi connectivity index (χ1) is 33.7. The van der Waals surface area contributed by atoms with Gasteiger partial charge in [0.2, 0.25) is 17.7 Å². The molecule has 4 aliphatic heterocycles. The van der Waals surface area contributed by atoms with Crippen LogP contribution < -0.4 is 10.7 Å². The van der Waals surface area contributed by atoms with Gasteiger partial charge in [-0.3, -0.25) is 38.9 Å². The average molecular weight is 977 g/mol. The Balaban J connectivity index is 1.13. The number of pyridine rings is 1. The smallest absolute Gasteiger partial charge is 0.324 e. The van der Waals surface area contributed by atoms with Crippen LogP contribution in [-0.2, 0) is 57.6 Å². The first kappa shape index (κ1) is 51.5. The molecule has 2 aromatic heterocycles. The van der Waals surface area contributed by atoms with E-state index in [1.54, 1.807) is 32.5 Å². The highest BCUT2D eigenvalue weighted by Crippen LogP contribution is 2.42. The number of rotatable bonds is 13. The molecule has 0 saturated carbocycles. The number of aromatic nitrogens is 2. The third-order valence-corrected chi connectivity index (χ3v) is 14.6. The number of aryl methyl sites for hydroxylation is 1. The molecule has 17 heteroatoms. The Kier molecular flexibility index (Phi) is 15.0. The van der Waals surface area contributed by atoms with E-state index in [0.717, 1.165) is 45.5 Å². The summed E-state index contributed by atoms with van der Waals surface area (Å²) in [5.41, 5.74) is 9.51. The lowest BCUT2D eigenvalue weighted by Gasteiger charge is -2.38. The number of hydrazine groups is 1. The van der Waals surface area contributed by atoms with Crippen LogP contribution >= 0.6 is 0 Å². The molecular weight excluding hydrogens is 905 g/mol. The Labute approximate surface area is 417 Å². The molecule has 0 radical (unpaired) electrons. The van der Waals surface area contributed by atoms with Crippen molar-refractivity contribution in [3.8, 4) is 28.1 Å². The van der Waals surface area contributed by atoms with Crippen molar-refractivity contribution >= 4 is 40.5 Å². The molecule has 3 saturated heterocycles. The van der Waals surface area contributed by atoms with E-state index >= 15 is 0 Å². The van der Waals surface area contributed by atoms with Crippen LogP contribution in [0, 0.1) is 16.7 Å². The summed E-state index contributed by atoms with van der Waals surface area (Å²) in [6, 6.07) is 12.1. The van der Waals surface area contributed by atoms with Gasteiger partial charge in [0.25, 0.3) is 5.91 Å². The molecule has 0 spiro atoms. The van der Waals surface area contributed by atoms with Crippen molar-refractivity contribution in [2.24, 2.45) is 16.7 Å². The second-order valence-electron chi connectivity index (χ2n) is 21.7. The van der Waals surface area contributed by atoms with Crippen LogP contribution in [0.1, 0.15) is 84.2 Å². The van der Waals surface area contributed by atoms with E-state index in [1.165, 1.54) is 21.9 Å². The van der Waals surface area contributed by atoms with Gasteiger partial charge in [-0.15, -0.1) is 0 Å². The van der Waals surface area contributed by atoms with Crippen molar-refractivity contribution < 1.29 is 43.3 Å². The molecule has 71 heavy (non-hydrogen) atoms. The van der Waals surface area contributed by atoms with Crippen LogP contribution in [0.4, 0.5) is 0 Å². The Hall–Kier alpha value is -5.88. The number of benzene rings is 2. The number of hydrogen-bond donors (Lipinski definition) is 3. The van der Waals surface area contributed by atoms with Crippen molar-refractivity contribution in [3.63, 3.8) is 0 Å². The van der Waals surface area contributed by atoms with Gasteiger partial charge in [0.05, 0.1) is 43.9 Å². The van der Waals surface area contributed by atoms with Gasteiger partial charge in [0.15, 0.2) is 0 Å². The molecule has 0 aliphatic carbocycles. The highest BCUT2D eigenvalue weighted by molar-refractivity contribution is 5.96. The number of aromatic hydroxyl groups is 1. The van der Waals surface area contributed by atoms with Crippen molar-refractivity contribution in [1.82, 2.24) is 40.0 Å². The summed E-state index contributed by atoms with van der Waals surface area (Å²) in [5, 5.41) is 16.7. The number of hydrogen-bond acceptors (Lipinski definition) is 12. The van der Waals surface area contributed by atoms with Crippen molar-refractivity contribution in [2.45, 2.75) is 111 Å². The molecule has 4 amide bonds. The lowest BCUT2D eigenvalue weighted by atomic mass is 9.84. The number of likely N-dealkylation sites (N-methyl/N-ethyl adjacent to an activating group) is 2. The summed E-state index contributed by atoms with van der Waals surface area (Å²) < 4.78 is 19.6. The second-order valence-corrected chi connectivity index (χ2v) is 21.7. The Morgan fingerprint density at radius 3 is 2.48 bits per heavy atom. The zero-order chi connectivity index (χ0) is 51.1. The molecule has 6 atom stereocenters. The molecule has 3 fully saturated rings. The number of methoxy groups -OCH3 is 1. The van der Waals surface area contributed by atoms with Gasteiger partial charge in [0, 0.05) is 87.3 Å². The maximum atomic E-state index is 14.8. The SMILES string of the molecule is CCn1c(-c2cccnc2[C@H](C)OC)c2c3cc(ccc31)-c1cc(O)cc(c1)C[C@H](NC(=O)C(C(C)C)N(C)C(=O)CN(C)C(=O)[C@@H]1CN1CC1(C)COC1)C(=O)N1CCC[C@H](N1)C(=O)OCC(C)(C)C2. The average Bonchev–Trinajstić information content (AvgIpc) is 4.03. The normalized spacial score (nSPS) is 22.7. The standard InChI is InChI=1S/C54H72N8O9/c1-11-61-43-17-16-35-24-39(43)40(48(61)38-14-12-18-55-46(38)33(4)69-10)25-53(5,6)29-71-52(68)41-15-13-19-62(57-41)50(66)42(22-34-20-36(35)23-37(63)21-34)56-49(65)47(32(2)3)59(9)45(64)27-58(8)51(67)44-26-60(44)28-54(7)30-70-31-54/h12,14,16-18,20-21,23-24,32-33,41-42,44,47,57,63H,11,13,15,19,22,25-31H2,1-10H3,(H,56,65)/t33-,41-,42-,44-,47?,60?/m0/s1. The number of cyclic esters (lactones) is 1. The zero-order valence-electron chi connectivity index (χ0n) is 43.0. The number of fused-ring (bicyclic) bond motifs is 6. The van der Waals surface area contributed by atoms with Crippen LogP contribution in [0.2, 0.25) is 0 Å². The summed E-state index contributed by atoms with van der Waals surface area (Å²) in [7, 11) is 4.81. The van der Waals surface area contributed by atoms with E-state index in [4.69, 9.17) is 19.2 Å². The molecule has 8 rings (SSSR count). The predicted octanol–water partition coefficient (Wildman–Crippen LogP) is 5.11. The second kappa shape index (κ2) is 20.7.